The van der Waals surface area contributed by atoms with Crippen molar-refractivity contribution in [2.45, 2.75) is 58.3 Å². The predicted molar refractivity (Wildman–Crippen MR) is 169 cm³/mol. The number of nitriles is 1. The molecule has 5 rings (SSSR count). The summed E-state index contributed by atoms with van der Waals surface area (Å²) in [4.78, 5) is 45.3. The first-order valence-corrected chi connectivity index (χ1v) is 14.5. The Kier molecular flexibility index (Phi) is 10.1. The zero-order chi connectivity index (χ0) is 30.0. The molecule has 226 valence electrons. The molecule has 2 aliphatic rings. The van der Waals surface area contributed by atoms with E-state index in [0.717, 1.165) is 21.9 Å². The van der Waals surface area contributed by atoms with E-state index in [4.69, 9.17) is 4.74 Å². The highest BCUT2D eigenvalue weighted by Crippen LogP contribution is 2.39. The van der Waals surface area contributed by atoms with Gasteiger partial charge in [0.2, 0.25) is 11.8 Å². The van der Waals surface area contributed by atoms with Gasteiger partial charge in [0.15, 0.2) is 0 Å². The third-order valence-corrected chi connectivity index (χ3v) is 8.60. The van der Waals surface area contributed by atoms with Crippen molar-refractivity contribution in [2.75, 3.05) is 30.1 Å². The van der Waals surface area contributed by atoms with Crippen molar-refractivity contribution in [3.8, 4) is 6.07 Å². The van der Waals surface area contributed by atoms with Gasteiger partial charge in [-0.05, 0) is 80.8 Å². The van der Waals surface area contributed by atoms with Crippen LogP contribution < -0.4 is 20.4 Å². The van der Waals surface area contributed by atoms with Crippen molar-refractivity contribution in [1.29, 1.82) is 5.26 Å². The average Bonchev–Trinajstić information content (AvgIpc) is 3.10. The molecule has 1 saturated heterocycles. The average molecular weight is 604 g/mol. The third kappa shape index (κ3) is 6.23. The summed E-state index contributed by atoms with van der Waals surface area (Å²) in [5.41, 5.74) is 3.39. The Balaban J connectivity index is 0.00000423. The van der Waals surface area contributed by atoms with Gasteiger partial charge in [0.1, 0.15) is 6.04 Å². The molecule has 2 aliphatic heterocycles. The van der Waals surface area contributed by atoms with E-state index in [-0.39, 0.29) is 42.6 Å². The van der Waals surface area contributed by atoms with Gasteiger partial charge in [-0.15, -0.1) is 12.4 Å². The number of halogens is 1. The normalized spacial score (nSPS) is 19.6. The highest BCUT2D eigenvalue weighted by atomic mass is 35.5. The quantitative estimate of drug-likeness (QED) is 0.436. The van der Waals surface area contributed by atoms with E-state index >= 15 is 0 Å². The van der Waals surface area contributed by atoms with E-state index in [2.05, 4.69) is 22.8 Å². The minimum absolute atomic E-state index is 0. The number of benzene rings is 3. The first kappa shape index (κ1) is 32.0. The van der Waals surface area contributed by atoms with Crippen LogP contribution in [0.25, 0.3) is 10.8 Å². The fourth-order valence-electron chi connectivity index (χ4n) is 5.90. The molecule has 1 fully saturated rings. The summed E-state index contributed by atoms with van der Waals surface area (Å²) in [5, 5.41) is 17.8. The number of aryl methyl sites for hydroxylation is 1. The number of nitrogens with one attached hydrogen (secondary N) is 2. The molecule has 43 heavy (non-hydrogen) atoms. The second-order valence-electron chi connectivity index (χ2n) is 11.2. The number of amides is 3. The monoisotopic (exact) mass is 603 g/mol. The van der Waals surface area contributed by atoms with Gasteiger partial charge >= 0.3 is 0 Å². The summed E-state index contributed by atoms with van der Waals surface area (Å²) in [6.07, 6.45) is 1.13. The van der Waals surface area contributed by atoms with Crippen molar-refractivity contribution in [3.63, 3.8) is 0 Å². The van der Waals surface area contributed by atoms with Gasteiger partial charge in [-0.25, -0.2) is 0 Å². The number of rotatable bonds is 6. The number of likely N-dealkylation sites (N-methyl/N-ethyl adjacent to an activating group) is 1. The maximum absolute atomic E-state index is 14.6. The van der Waals surface area contributed by atoms with E-state index in [1.807, 2.05) is 37.3 Å². The van der Waals surface area contributed by atoms with E-state index in [1.54, 1.807) is 48.9 Å². The summed E-state index contributed by atoms with van der Waals surface area (Å²) in [6, 6.07) is 17.1. The van der Waals surface area contributed by atoms with Crippen LogP contribution in [0.5, 0.6) is 0 Å². The van der Waals surface area contributed by atoms with Crippen LogP contribution >= 0.6 is 12.4 Å². The topological polar surface area (TPSA) is 115 Å². The Hall–Kier alpha value is -3.97. The molecule has 0 spiro atoms. The number of nitrogens with zero attached hydrogens (tertiary/aromatic N) is 3. The van der Waals surface area contributed by atoms with Crippen LogP contribution in [0.2, 0.25) is 0 Å². The van der Waals surface area contributed by atoms with Crippen LogP contribution in [0.1, 0.15) is 43.4 Å². The lowest BCUT2D eigenvalue weighted by Crippen LogP contribution is -2.60. The van der Waals surface area contributed by atoms with Gasteiger partial charge in [-0.2, -0.15) is 5.26 Å². The molecular formula is C33H38ClN5O4. The fourth-order valence-corrected chi connectivity index (χ4v) is 5.90. The van der Waals surface area contributed by atoms with Gasteiger partial charge < -0.3 is 25.2 Å². The van der Waals surface area contributed by atoms with E-state index in [1.165, 1.54) is 0 Å². The van der Waals surface area contributed by atoms with Gasteiger partial charge in [-0.3, -0.25) is 14.4 Å². The summed E-state index contributed by atoms with van der Waals surface area (Å²) < 4.78 is 5.51. The maximum atomic E-state index is 14.6. The predicted octanol–water partition coefficient (Wildman–Crippen LogP) is 4.23. The van der Waals surface area contributed by atoms with Crippen LogP contribution in [0.4, 0.5) is 11.4 Å². The van der Waals surface area contributed by atoms with E-state index in [0.29, 0.717) is 43.0 Å². The molecule has 0 bridgehead atoms. The molecule has 0 radical (unpaired) electrons. The Morgan fingerprint density at radius 2 is 1.81 bits per heavy atom. The van der Waals surface area contributed by atoms with Crippen molar-refractivity contribution in [3.05, 3.63) is 71.3 Å². The fraction of sp³-hybridized carbons (Fsp3) is 0.394. The Bertz CT molecular complexity index is 1560. The van der Waals surface area contributed by atoms with Crippen molar-refractivity contribution >= 4 is 52.3 Å². The highest BCUT2D eigenvalue weighted by Gasteiger charge is 2.44. The number of hydrogen-bond acceptors (Lipinski definition) is 6. The summed E-state index contributed by atoms with van der Waals surface area (Å²) >= 11 is 0. The largest absolute Gasteiger partial charge is 0.381 e. The minimum Gasteiger partial charge on any atom is -0.381 e. The second-order valence-corrected chi connectivity index (χ2v) is 11.2. The molecule has 1 unspecified atom stereocenters. The molecular weight excluding hydrogens is 566 g/mol. The molecule has 0 saturated carbocycles. The van der Waals surface area contributed by atoms with Crippen LogP contribution in [0, 0.1) is 24.2 Å². The number of anilines is 2. The Morgan fingerprint density at radius 1 is 1.09 bits per heavy atom. The number of ether oxygens (including phenoxy) is 1. The molecule has 3 atom stereocenters. The lowest BCUT2D eigenvalue weighted by atomic mass is 9.96. The summed E-state index contributed by atoms with van der Waals surface area (Å²) in [5.74, 6) is -1.10. The number of fused-ring (bicyclic) bond motifs is 2. The first-order valence-electron chi connectivity index (χ1n) is 14.5. The molecule has 10 heteroatoms. The third-order valence-electron chi connectivity index (χ3n) is 8.60. The number of carbonyl (C=O) groups excluding carboxylic acids is 3. The maximum Gasteiger partial charge on any atom is 0.252 e. The minimum atomic E-state index is -1.02. The molecule has 3 aromatic carbocycles. The first-order chi connectivity index (χ1) is 20.2. The molecule has 2 heterocycles. The lowest BCUT2D eigenvalue weighted by molar-refractivity contribution is -0.130. The highest BCUT2D eigenvalue weighted by molar-refractivity contribution is 6.09. The zero-order valence-electron chi connectivity index (χ0n) is 24.9. The Labute approximate surface area is 258 Å². The SMILES string of the molecule is CNC(C)C(=O)N[C@@H]1C(=O)N(Cc2c(C)ccc3ccccc23)c2ccc(C#N)cc2N(C(=O)C2CCOCC2)[C@H]1C.Cl. The van der Waals surface area contributed by atoms with Crippen molar-refractivity contribution in [1.82, 2.24) is 10.6 Å². The molecule has 2 N–H and O–H groups in total. The summed E-state index contributed by atoms with van der Waals surface area (Å²) in [6.45, 7) is 6.72. The van der Waals surface area contributed by atoms with E-state index < -0.39 is 18.1 Å². The second kappa shape index (κ2) is 13.6. The smallest absolute Gasteiger partial charge is 0.252 e. The molecule has 0 aromatic heterocycles. The summed E-state index contributed by atoms with van der Waals surface area (Å²) in [7, 11) is 1.68. The molecule has 9 nitrogen and oxygen atoms in total. The van der Waals surface area contributed by atoms with Crippen molar-refractivity contribution < 1.29 is 19.1 Å². The van der Waals surface area contributed by atoms with Gasteiger partial charge in [0, 0.05) is 19.1 Å². The van der Waals surface area contributed by atoms with Gasteiger partial charge in [0.25, 0.3) is 5.91 Å². The number of hydrogen-bond donors (Lipinski definition) is 2. The van der Waals surface area contributed by atoms with Crippen LogP contribution in [0.15, 0.2) is 54.6 Å². The molecule has 3 amide bonds. The standard InChI is InChI=1S/C33H37N5O4.ClH/c1-20-9-11-24-7-5-6-8-26(24)27(20)19-37-28-12-10-23(18-34)17-29(28)38(32(40)25-13-15-42-16-14-25)22(3)30(33(37)41)36-31(39)21(2)35-4;/h5-12,17,21-22,25,30,35H,13-16,19H2,1-4H3,(H,36,39);1H/t21?,22-,30-;/m0./s1. The van der Waals surface area contributed by atoms with Crippen LogP contribution in [0.3, 0.4) is 0 Å². The zero-order valence-corrected chi connectivity index (χ0v) is 25.7. The van der Waals surface area contributed by atoms with E-state index in [9.17, 15) is 19.6 Å². The Morgan fingerprint density at radius 3 is 2.51 bits per heavy atom. The van der Waals surface area contributed by atoms with Crippen LogP contribution in [-0.2, 0) is 25.7 Å². The van der Waals surface area contributed by atoms with Crippen molar-refractivity contribution in [2.24, 2.45) is 5.92 Å². The molecule has 0 aliphatic carbocycles. The molecule has 3 aromatic rings. The van der Waals surface area contributed by atoms with Gasteiger partial charge in [-0.1, -0.05) is 36.4 Å². The number of carbonyl (C=O) groups is 3. The lowest BCUT2D eigenvalue weighted by Gasteiger charge is -2.35. The van der Waals surface area contributed by atoms with Gasteiger partial charge in [0.05, 0.1) is 41.6 Å². The van der Waals surface area contributed by atoms with Crippen LogP contribution in [-0.4, -0.2) is 56.1 Å².